The van der Waals surface area contributed by atoms with Crippen molar-refractivity contribution in [3.8, 4) is 0 Å². The molecule has 0 unspecified atom stereocenters. The first kappa shape index (κ1) is 13.5. The number of nitrogens with one attached hydrogen (secondary N) is 1. The van der Waals surface area contributed by atoms with Crippen LogP contribution < -0.4 is 5.32 Å². The third-order valence-electron chi connectivity index (χ3n) is 4.24. The maximum atomic E-state index is 12.4. The molecule has 3 heterocycles. The Morgan fingerprint density at radius 2 is 2.10 bits per heavy atom. The van der Waals surface area contributed by atoms with E-state index in [0.717, 1.165) is 19.4 Å². The highest BCUT2D eigenvalue weighted by Crippen LogP contribution is 2.37. The van der Waals surface area contributed by atoms with Crippen LogP contribution in [0.15, 0.2) is 22.8 Å². The lowest BCUT2D eigenvalue weighted by atomic mass is 9.77. The van der Waals surface area contributed by atoms with Crippen LogP contribution in [0.2, 0.25) is 0 Å². The SMILES string of the molecule is O=C1CC2(CCN(C(=O)c3cccc(Br)n3)CC2)CN1. The standard InChI is InChI=1S/C14H16BrN3O2/c15-11-3-1-2-10(17-11)13(20)18-6-4-14(5-7-18)8-12(19)16-9-14/h1-3H,4-9H2,(H,16,19). The van der Waals surface area contributed by atoms with Crippen molar-refractivity contribution in [3.63, 3.8) is 0 Å². The van der Waals surface area contributed by atoms with Crippen molar-refractivity contribution in [2.75, 3.05) is 19.6 Å². The predicted molar refractivity (Wildman–Crippen MR) is 77.1 cm³/mol. The molecule has 1 aromatic rings. The van der Waals surface area contributed by atoms with Gasteiger partial charge in [0.25, 0.3) is 5.91 Å². The van der Waals surface area contributed by atoms with Gasteiger partial charge in [-0.3, -0.25) is 9.59 Å². The van der Waals surface area contributed by atoms with Crippen LogP contribution in [0, 0.1) is 5.41 Å². The molecule has 5 nitrogen and oxygen atoms in total. The van der Waals surface area contributed by atoms with Crippen molar-refractivity contribution in [2.45, 2.75) is 19.3 Å². The van der Waals surface area contributed by atoms with Crippen molar-refractivity contribution >= 4 is 27.7 Å². The van der Waals surface area contributed by atoms with E-state index in [4.69, 9.17) is 0 Å². The Labute approximate surface area is 125 Å². The van der Waals surface area contributed by atoms with Crippen LogP contribution in [0.5, 0.6) is 0 Å². The second-order valence-corrected chi connectivity index (χ2v) is 6.40. The van der Waals surface area contributed by atoms with Gasteiger partial charge in [-0.05, 0) is 46.3 Å². The third kappa shape index (κ3) is 2.57. The first-order valence-corrected chi connectivity index (χ1v) is 7.56. The number of likely N-dealkylation sites (tertiary alicyclic amines) is 1. The van der Waals surface area contributed by atoms with Gasteiger partial charge < -0.3 is 10.2 Å². The minimum atomic E-state index is -0.0292. The predicted octanol–water partition coefficient (Wildman–Crippen LogP) is 1.59. The van der Waals surface area contributed by atoms with Gasteiger partial charge in [0, 0.05) is 26.1 Å². The van der Waals surface area contributed by atoms with Gasteiger partial charge in [-0.2, -0.15) is 0 Å². The average Bonchev–Trinajstić information content (AvgIpc) is 2.80. The van der Waals surface area contributed by atoms with Gasteiger partial charge in [-0.25, -0.2) is 4.98 Å². The molecule has 2 fully saturated rings. The smallest absolute Gasteiger partial charge is 0.272 e. The fraction of sp³-hybridized carbons (Fsp3) is 0.500. The van der Waals surface area contributed by atoms with Crippen molar-refractivity contribution in [1.29, 1.82) is 0 Å². The molecule has 6 heteroatoms. The van der Waals surface area contributed by atoms with Gasteiger partial charge in [0.2, 0.25) is 5.91 Å². The molecule has 1 aromatic heterocycles. The lowest BCUT2D eigenvalue weighted by Crippen LogP contribution is -2.44. The first-order chi connectivity index (χ1) is 9.58. The van der Waals surface area contributed by atoms with Crippen molar-refractivity contribution in [3.05, 3.63) is 28.5 Å². The summed E-state index contributed by atoms with van der Waals surface area (Å²) < 4.78 is 0.669. The third-order valence-corrected chi connectivity index (χ3v) is 4.68. The van der Waals surface area contributed by atoms with Crippen LogP contribution >= 0.6 is 15.9 Å². The fourth-order valence-corrected chi connectivity index (χ4v) is 3.32. The Morgan fingerprint density at radius 1 is 1.35 bits per heavy atom. The maximum absolute atomic E-state index is 12.4. The largest absolute Gasteiger partial charge is 0.356 e. The van der Waals surface area contributed by atoms with Gasteiger partial charge in [0.05, 0.1) is 0 Å². The monoisotopic (exact) mass is 337 g/mol. The molecule has 0 bridgehead atoms. The van der Waals surface area contributed by atoms with Crippen LogP contribution in [0.3, 0.4) is 0 Å². The van der Waals surface area contributed by atoms with E-state index < -0.39 is 0 Å². The number of piperidine rings is 1. The zero-order chi connectivity index (χ0) is 14.2. The highest BCUT2D eigenvalue weighted by atomic mass is 79.9. The molecular formula is C14H16BrN3O2. The summed E-state index contributed by atoms with van der Waals surface area (Å²) in [6, 6.07) is 5.35. The van der Waals surface area contributed by atoms with Crippen LogP contribution in [-0.4, -0.2) is 41.3 Å². The van der Waals surface area contributed by atoms with Crippen LogP contribution in [0.4, 0.5) is 0 Å². The summed E-state index contributed by atoms with van der Waals surface area (Å²) in [7, 11) is 0. The summed E-state index contributed by atoms with van der Waals surface area (Å²) in [6.07, 6.45) is 2.36. The van der Waals surface area contributed by atoms with Gasteiger partial charge in [0.15, 0.2) is 0 Å². The fourth-order valence-electron chi connectivity index (χ4n) is 2.98. The van der Waals surface area contributed by atoms with E-state index in [0.29, 0.717) is 29.8 Å². The number of aromatic nitrogens is 1. The molecule has 1 spiro atoms. The van der Waals surface area contributed by atoms with Gasteiger partial charge >= 0.3 is 0 Å². The number of hydrogen-bond donors (Lipinski definition) is 1. The second kappa shape index (κ2) is 5.16. The topological polar surface area (TPSA) is 62.3 Å². The van der Waals surface area contributed by atoms with Gasteiger partial charge in [-0.1, -0.05) is 6.07 Å². The number of hydrogen-bond acceptors (Lipinski definition) is 3. The quantitative estimate of drug-likeness (QED) is 0.791. The Bertz CT molecular complexity index is 553. The molecule has 0 atom stereocenters. The van der Waals surface area contributed by atoms with E-state index in [-0.39, 0.29) is 17.2 Å². The summed E-state index contributed by atoms with van der Waals surface area (Å²) in [5.74, 6) is 0.108. The number of amides is 2. The van der Waals surface area contributed by atoms with E-state index in [1.807, 2.05) is 11.0 Å². The van der Waals surface area contributed by atoms with Crippen molar-refractivity contribution in [2.24, 2.45) is 5.41 Å². The molecule has 2 saturated heterocycles. The summed E-state index contributed by atoms with van der Waals surface area (Å²) in [4.78, 5) is 29.8. The Hall–Kier alpha value is -1.43. The van der Waals surface area contributed by atoms with Crippen molar-refractivity contribution in [1.82, 2.24) is 15.2 Å². The minimum absolute atomic E-state index is 0.0292. The summed E-state index contributed by atoms with van der Waals surface area (Å²) in [5, 5.41) is 2.90. The molecule has 20 heavy (non-hydrogen) atoms. The zero-order valence-corrected chi connectivity index (χ0v) is 12.6. The zero-order valence-electron chi connectivity index (χ0n) is 11.1. The molecule has 3 rings (SSSR count). The second-order valence-electron chi connectivity index (χ2n) is 5.59. The molecule has 106 valence electrons. The van der Waals surface area contributed by atoms with Crippen LogP contribution in [0.25, 0.3) is 0 Å². The number of carbonyl (C=O) groups is 2. The van der Waals surface area contributed by atoms with Crippen LogP contribution in [0.1, 0.15) is 29.8 Å². The summed E-state index contributed by atoms with van der Waals surface area (Å²) >= 11 is 3.28. The maximum Gasteiger partial charge on any atom is 0.272 e. The Morgan fingerprint density at radius 3 is 2.70 bits per heavy atom. The molecule has 2 aliphatic heterocycles. The summed E-state index contributed by atoms with van der Waals surface area (Å²) in [6.45, 7) is 2.15. The van der Waals surface area contributed by atoms with E-state index in [2.05, 4.69) is 26.2 Å². The number of pyridine rings is 1. The van der Waals surface area contributed by atoms with E-state index >= 15 is 0 Å². The molecule has 0 aromatic carbocycles. The molecule has 1 N–H and O–H groups in total. The highest BCUT2D eigenvalue weighted by molar-refractivity contribution is 9.10. The molecule has 0 radical (unpaired) electrons. The number of halogens is 1. The van der Waals surface area contributed by atoms with Gasteiger partial charge in [-0.15, -0.1) is 0 Å². The van der Waals surface area contributed by atoms with E-state index in [1.54, 1.807) is 12.1 Å². The van der Waals surface area contributed by atoms with Crippen molar-refractivity contribution < 1.29 is 9.59 Å². The molecular weight excluding hydrogens is 322 g/mol. The summed E-state index contributed by atoms with van der Waals surface area (Å²) in [5.41, 5.74) is 0.536. The Balaban J connectivity index is 1.66. The Kier molecular flexibility index (Phi) is 3.50. The van der Waals surface area contributed by atoms with E-state index in [1.165, 1.54) is 0 Å². The normalized spacial score (nSPS) is 21.1. The lowest BCUT2D eigenvalue weighted by Gasteiger charge is -2.38. The first-order valence-electron chi connectivity index (χ1n) is 6.77. The highest BCUT2D eigenvalue weighted by Gasteiger charge is 2.41. The lowest BCUT2D eigenvalue weighted by molar-refractivity contribution is -0.119. The number of nitrogens with zero attached hydrogens (tertiary/aromatic N) is 2. The van der Waals surface area contributed by atoms with Crippen LogP contribution in [-0.2, 0) is 4.79 Å². The minimum Gasteiger partial charge on any atom is -0.356 e. The number of carbonyl (C=O) groups excluding carboxylic acids is 2. The molecule has 2 aliphatic rings. The number of rotatable bonds is 1. The average molecular weight is 338 g/mol. The molecule has 2 amide bonds. The van der Waals surface area contributed by atoms with Gasteiger partial charge in [0.1, 0.15) is 10.3 Å². The van der Waals surface area contributed by atoms with E-state index in [9.17, 15) is 9.59 Å². The molecule has 0 aliphatic carbocycles. The molecule has 0 saturated carbocycles.